The van der Waals surface area contributed by atoms with Crippen molar-refractivity contribution < 1.29 is 14.3 Å². The van der Waals surface area contributed by atoms with Crippen LogP contribution in [0.15, 0.2) is 28.7 Å². The Kier molecular flexibility index (Phi) is 6.10. The van der Waals surface area contributed by atoms with E-state index in [4.69, 9.17) is 9.47 Å². The molecule has 0 aliphatic carbocycles. The fourth-order valence-corrected chi connectivity index (χ4v) is 2.47. The summed E-state index contributed by atoms with van der Waals surface area (Å²) in [7, 11) is 0. The molecule has 0 aliphatic heterocycles. The fraction of sp³-hybridized carbons (Fsp3) is 0.312. The largest absolute Gasteiger partial charge is 0.493 e. The summed E-state index contributed by atoms with van der Waals surface area (Å²) in [6.45, 7) is 5.94. The lowest BCUT2D eigenvalue weighted by Crippen LogP contribution is -2.03. The quantitative estimate of drug-likeness (QED) is 0.478. The molecular weight excluding hydrogens is 314 g/mol. The highest BCUT2D eigenvalue weighted by molar-refractivity contribution is 7.13. The smallest absolute Gasteiger partial charge is 0.302 e. The van der Waals surface area contributed by atoms with Crippen molar-refractivity contribution in [3.8, 4) is 5.75 Å². The van der Waals surface area contributed by atoms with Crippen LogP contribution in [0.1, 0.15) is 30.7 Å². The second kappa shape index (κ2) is 8.28. The van der Waals surface area contributed by atoms with Gasteiger partial charge in [0.1, 0.15) is 12.4 Å². The monoisotopic (exact) mass is 333 g/mol. The van der Waals surface area contributed by atoms with Crippen molar-refractivity contribution in [2.45, 2.75) is 27.4 Å². The summed E-state index contributed by atoms with van der Waals surface area (Å²) in [5.41, 5.74) is 5.51. The van der Waals surface area contributed by atoms with Crippen LogP contribution in [0.2, 0.25) is 0 Å². The Hall–Kier alpha value is -2.41. The van der Waals surface area contributed by atoms with E-state index in [1.807, 2.05) is 37.4 Å². The zero-order chi connectivity index (χ0) is 16.7. The van der Waals surface area contributed by atoms with Gasteiger partial charge in [-0.2, -0.15) is 5.10 Å². The van der Waals surface area contributed by atoms with Gasteiger partial charge in [0, 0.05) is 17.9 Å². The normalized spacial score (nSPS) is 10.7. The summed E-state index contributed by atoms with van der Waals surface area (Å²) in [6.07, 6.45) is 1.68. The lowest BCUT2D eigenvalue weighted by molar-refractivity contribution is -0.142. The number of nitrogens with one attached hydrogen (secondary N) is 1. The first kappa shape index (κ1) is 17.0. The molecule has 1 aromatic carbocycles. The molecule has 0 bridgehead atoms. The molecule has 2 rings (SSSR count). The average molecular weight is 333 g/mol. The molecule has 6 nitrogen and oxygen atoms in total. The number of aromatic nitrogens is 1. The predicted molar refractivity (Wildman–Crippen MR) is 91.1 cm³/mol. The number of ether oxygens (including phenoxy) is 2. The summed E-state index contributed by atoms with van der Waals surface area (Å²) in [6, 6.07) is 5.62. The maximum atomic E-state index is 11.0. The first-order chi connectivity index (χ1) is 11.1. The average Bonchev–Trinajstić information content (AvgIpc) is 2.93. The van der Waals surface area contributed by atoms with Crippen LogP contribution in [0.4, 0.5) is 5.13 Å². The molecule has 1 N–H and O–H groups in total. The summed E-state index contributed by atoms with van der Waals surface area (Å²) < 4.78 is 10.6. The van der Waals surface area contributed by atoms with Crippen LogP contribution in [0, 0.1) is 6.92 Å². The zero-order valence-corrected chi connectivity index (χ0v) is 14.1. The molecule has 23 heavy (non-hydrogen) atoms. The van der Waals surface area contributed by atoms with E-state index in [0.29, 0.717) is 12.4 Å². The van der Waals surface area contributed by atoms with Gasteiger partial charge in [0.15, 0.2) is 0 Å². The predicted octanol–water partition coefficient (Wildman–Crippen LogP) is 3.36. The molecule has 0 atom stereocenters. The van der Waals surface area contributed by atoms with Gasteiger partial charge in [0.05, 0.1) is 18.5 Å². The number of hydrazone groups is 1. The molecule has 0 amide bonds. The van der Waals surface area contributed by atoms with E-state index in [9.17, 15) is 4.79 Å². The topological polar surface area (TPSA) is 72.8 Å². The van der Waals surface area contributed by atoms with Crippen molar-refractivity contribution in [1.82, 2.24) is 4.98 Å². The highest BCUT2D eigenvalue weighted by atomic mass is 32.1. The highest BCUT2D eigenvalue weighted by Crippen LogP contribution is 2.21. The van der Waals surface area contributed by atoms with Crippen LogP contribution < -0.4 is 10.2 Å². The van der Waals surface area contributed by atoms with E-state index in [1.165, 1.54) is 18.3 Å². The van der Waals surface area contributed by atoms with Crippen molar-refractivity contribution in [3.05, 3.63) is 40.4 Å². The van der Waals surface area contributed by atoms with E-state index in [0.717, 1.165) is 22.0 Å². The van der Waals surface area contributed by atoms with Crippen molar-refractivity contribution in [3.63, 3.8) is 0 Å². The van der Waals surface area contributed by atoms with Gasteiger partial charge in [-0.1, -0.05) is 0 Å². The van der Waals surface area contributed by atoms with Gasteiger partial charge in [0.25, 0.3) is 0 Å². The summed E-state index contributed by atoms with van der Waals surface area (Å²) in [5, 5.41) is 6.85. The molecule has 0 spiro atoms. The summed E-state index contributed by atoms with van der Waals surface area (Å²) in [5.74, 6) is 0.377. The van der Waals surface area contributed by atoms with Gasteiger partial charge in [-0.3, -0.25) is 10.2 Å². The van der Waals surface area contributed by atoms with Crippen LogP contribution in [0.25, 0.3) is 0 Å². The molecule has 1 heterocycles. The third kappa shape index (κ3) is 5.37. The maximum Gasteiger partial charge on any atom is 0.302 e. The van der Waals surface area contributed by atoms with Crippen molar-refractivity contribution in [2.24, 2.45) is 5.10 Å². The molecule has 7 heteroatoms. The summed E-state index contributed by atoms with van der Waals surface area (Å²) in [4.78, 5) is 15.3. The Bertz CT molecular complexity index is 698. The number of carbonyl (C=O) groups excluding carboxylic acids is 1. The van der Waals surface area contributed by atoms with Gasteiger partial charge >= 0.3 is 5.97 Å². The number of carbonyl (C=O) groups is 1. The van der Waals surface area contributed by atoms with Gasteiger partial charge in [-0.15, -0.1) is 11.3 Å². The lowest BCUT2D eigenvalue weighted by Gasteiger charge is -2.11. The number of hydrogen-bond acceptors (Lipinski definition) is 7. The van der Waals surface area contributed by atoms with Crippen LogP contribution in [0.3, 0.4) is 0 Å². The minimum Gasteiger partial charge on any atom is -0.493 e. The third-order valence-corrected chi connectivity index (χ3v) is 3.67. The van der Waals surface area contributed by atoms with Crippen molar-refractivity contribution in [1.29, 1.82) is 0 Å². The minimum absolute atomic E-state index is 0.172. The maximum absolute atomic E-state index is 11.0. The van der Waals surface area contributed by atoms with Gasteiger partial charge in [0.2, 0.25) is 5.13 Å². The molecular formula is C16H19N3O3S. The second-order valence-electron chi connectivity index (χ2n) is 4.74. The number of hydrogen-bond donors (Lipinski definition) is 1. The Balaban J connectivity index is 2.08. The first-order valence-electron chi connectivity index (χ1n) is 7.18. The van der Waals surface area contributed by atoms with Gasteiger partial charge in [-0.25, -0.2) is 4.98 Å². The van der Waals surface area contributed by atoms with Gasteiger partial charge in [-0.05, 0) is 37.6 Å². The van der Waals surface area contributed by atoms with E-state index in [2.05, 4.69) is 15.5 Å². The Morgan fingerprint density at radius 3 is 2.96 bits per heavy atom. The first-order valence-corrected chi connectivity index (χ1v) is 8.06. The second-order valence-corrected chi connectivity index (χ2v) is 5.60. The molecule has 0 unspecified atom stereocenters. The minimum atomic E-state index is -0.327. The van der Waals surface area contributed by atoms with E-state index in [1.54, 1.807) is 6.21 Å². The van der Waals surface area contributed by atoms with Crippen LogP contribution in [-0.4, -0.2) is 23.8 Å². The lowest BCUT2D eigenvalue weighted by atomic mass is 10.1. The third-order valence-electron chi connectivity index (χ3n) is 2.81. The number of esters is 1. The molecule has 122 valence electrons. The van der Waals surface area contributed by atoms with Crippen LogP contribution >= 0.6 is 11.3 Å². The number of rotatable bonds is 7. The van der Waals surface area contributed by atoms with Crippen LogP contribution in [-0.2, 0) is 16.1 Å². The molecule has 0 radical (unpaired) electrons. The molecule has 0 saturated carbocycles. The number of benzene rings is 1. The zero-order valence-electron chi connectivity index (χ0n) is 13.3. The van der Waals surface area contributed by atoms with E-state index in [-0.39, 0.29) is 12.6 Å². The number of nitrogens with zero attached hydrogens (tertiary/aromatic N) is 2. The standard InChI is InChI=1S/C16H19N3O3S/c1-4-21-15-6-5-13(7-14(15)9-22-12(3)20)8-17-19-16-18-11(2)10-23-16/h5-8,10H,4,9H2,1-3H3,(H,18,19). The SMILES string of the molecule is CCOc1ccc(C=NNc2nc(C)cs2)cc1COC(C)=O. The van der Waals surface area contributed by atoms with Crippen LogP contribution in [0.5, 0.6) is 5.75 Å². The Labute approximate surface area is 139 Å². The molecule has 0 saturated heterocycles. The summed E-state index contributed by atoms with van der Waals surface area (Å²) >= 11 is 1.49. The number of anilines is 1. The number of aryl methyl sites for hydroxylation is 1. The molecule has 1 aromatic heterocycles. The molecule has 0 fully saturated rings. The Morgan fingerprint density at radius 1 is 1.48 bits per heavy atom. The highest BCUT2D eigenvalue weighted by Gasteiger charge is 2.06. The van der Waals surface area contributed by atoms with E-state index >= 15 is 0 Å². The fourth-order valence-electron chi connectivity index (χ4n) is 1.84. The van der Waals surface area contributed by atoms with Crippen molar-refractivity contribution in [2.75, 3.05) is 12.0 Å². The van der Waals surface area contributed by atoms with Gasteiger partial charge < -0.3 is 9.47 Å². The molecule has 0 aliphatic rings. The Morgan fingerprint density at radius 2 is 2.30 bits per heavy atom. The molecule has 2 aromatic rings. The van der Waals surface area contributed by atoms with Crippen molar-refractivity contribution >= 4 is 28.7 Å². The number of thiazole rings is 1. The van der Waals surface area contributed by atoms with E-state index < -0.39 is 0 Å².